The maximum atomic E-state index is 7.46. The van der Waals surface area contributed by atoms with Gasteiger partial charge in [0.05, 0.1) is 56.5 Å². The molecule has 4 saturated heterocycles. The van der Waals surface area contributed by atoms with Crippen molar-refractivity contribution in [3.8, 4) is 0 Å². The van der Waals surface area contributed by atoms with Gasteiger partial charge in [-0.15, -0.1) is 0 Å². The van der Waals surface area contributed by atoms with Gasteiger partial charge in [-0.1, -0.05) is 25.7 Å². The number of hydrogen-bond donors (Lipinski definition) is 2. The maximum absolute atomic E-state index is 7.46. The van der Waals surface area contributed by atoms with Gasteiger partial charge in [-0.25, -0.2) is 0 Å². The summed E-state index contributed by atoms with van der Waals surface area (Å²) in [7, 11) is 0. The van der Waals surface area contributed by atoms with Gasteiger partial charge in [0.25, 0.3) is 0 Å². The monoisotopic (exact) mass is 434 g/mol. The van der Waals surface area contributed by atoms with Crippen molar-refractivity contribution in [1.29, 1.82) is 0 Å². The van der Waals surface area contributed by atoms with Crippen molar-refractivity contribution in [3.63, 3.8) is 0 Å². The molecule has 4 N–H and O–H groups in total. The van der Waals surface area contributed by atoms with E-state index in [0.717, 1.165) is 58.5 Å². The summed E-state index contributed by atoms with van der Waals surface area (Å²) in [6.45, 7) is 3.57. The van der Waals surface area contributed by atoms with Gasteiger partial charge in [-0.05, 0) is 68.6 Å². The van der Waals surface area contributed by atoms with Crippen LogP contribution < -0.4 is 11.5 Å². The molecule has 6 fully saturated rings. The maximum Gasteiger partial charge on any atom is 0.0816 e. The summed E-state index contributed by atoms with van der Waals surface area (Å²) >= 11 is 0. The fourth-order valence-electron chi connectivity index (χ4n) is 8.10. The Morgan fingerprint density at radius 1 is 0.677 bits per heavy atom. The molecule has 4 aliphatic heterocycles. The zero-order valence-electron chi connectivity index (χ0n) is 19.1. The van der Waals surface area contributed by atoms with Gasteiger partial charge >= 0.3 is 0 Å². The highest BCUT2D eigenvalue weighted by atomic mass is 16.6. The van der Waals surface area contributed by atoms with E-state index in [1.807, 2.05) is 0 Å². The first-order valence-electron chi connectivity index (χ1n) is 13.1. The van der Waals surface area contributed by atoms with Crippen LogP contribution in [0.2, 0.25) is 0 Å². The molecule has 0 amide bonds. The van der Waals surface area contributed by atoms with Crippen LogP contribution in [0.15, 0.2) is 0 Å². The van der Waals surface area contributed by atoms with Crippen LogP contribution in [0, 0.1) is 22.7 Å². The molecule has 0 aromatic carbocycles. The van der Waals surface area contributed by atoms with E-state index in [1.165, 1.54) is 44.9 Å². The molecule has 6 unspecified atom stereocenters. The van der Waals surface area contributed by atoms with E-state index in [0.29, 0.717) is 36.3 Å². The third-order valence-corrected chi connectivity index (χ3v) is 9.92. The van der Waals surface area contributed by atoms with Gasteiger partial charge < -0.3 is 30.4 Å². The quantitative estimate of drug-likeness (QED) is 0.405. The molecule has 6 heteroatoms. The summed E-state index contributed by atoms with van der Waals surface area (Å²) in [4.78, 5) is 0. The molecule has 0 aromatic heterocycles. The Bertz CT molecular complexity index is 636. The van der Waals surface area contributed by atoms with E-state index in [1.54, 1.807) is 0 Å². The van der Waals surface area contributed by atoms with E-state index >= 15 is 0 Å². The minimum absolute atomic E-state index is 0.0480. The molecule has 6 atom stereocenters. The zero-order chi connectivity index (χ0) is 21.1. The number of nitrogens with two attached hydrogens (primary N) is 2. The van der Waals surface area contributed by atoms with Crippen molar-refractivity contribution >= 4 is 0 Å². The second-order valence-corrected chi connectivity index (χ2v) is 11.8. The molecule has 0 bridgehead atoms. The Morgan fingerprint density at radius 2 is 1.23 bits per heavy atom. The summed E-state index contributed by atoms with van der Waals surface area (Å²) in [6, 6.07) is 0. The van der Waals surface area contributed by atoms with Crippen LogP contribution in [0.4, 0.5) is 0 Å². The fraction of sp³-hybridized carbons (Fsp3) is 1.00. The summed E-state index contributed by atoms with van der Waals surface area (Å²) < 4.78 is 23.4. The van der Waals surface area contributed by atoms with Crippen molar-refractivity contribution in [2.75, 3.05) is 26.4 Å². The smallest absolute Gasteiger partial charge is 0.0816 e. The molecular weight excluding hydrogens is 392 g/mol. The Hall–Kier alpha value is -0.240. The van der Waals surface area contributed by atoms with Gasteiger partial charge in [0, 0.05) is 5.41 Å². The van der Waals surface area contributed by atoms with Crippen LogP contribution in [0.3, 0.4) is 0 Å². The van der Waals surface area contributed by atoms with Gasteiger partial charge in [0.2, 0.25) is 0 Å². The molecule has 6 nitrogen and oxygen atoms in total. The highest BCUT2D eigenvalue weighted by Crippen LogP contribution is 2.68. The number of rotatable bonds is 10. The Balaban J connectivity index is 1.44. The van der Waals surface area contributed by atoms with Gasteiger partial charge in [0.1, 0.15) is 0 Å². The predicted octanol–water partition coefficient (Wildman–Crippen LogP) is 3.11. The molecule has 0 radical (unpaired) electrons. The van der Waals surface area contributed by atoms with E-state index < -0.39 is 5.66 Å². The SMILES string of the molecule is NC(N)(C1CCCCC1)C1(CC2CO2)CCCC(CC2CO2)C1(CC1CO1)CC1CO1. The predicted molar refractivity (Wildman–Crippen MR) is 117 cm³/mol. The first kappa shape index (κ1) is 21.3. The molecule has 0 aromatic rings. The number of hydrogen-bond acceptors (Lipinski definition) is 6. The number of epoxide rings is 4. The van der Waals surface area contributed by atoms with Crippen molar-refractivity contribution < 1.29 is 18.9 Å². The lowest BCUT2D eigenvalue weighted by Crippen LogP contribution is -2.74. The summed E-state index contributed by atoms with van der Waals surface area (Å²) in [6.07, 6.45) is 15.6. The van der Waals surface area contributed by atoms with Crippen LogP contribution in [-0.4, -0.2) is 56.5 Å². The minimum Gasteiger partial charge on any atom is -0.373 e. The third kappa shape index (κ3) is 4.00. The van der Waals surface area contributed by atoms with Gasteiger partial charge in [-0.3, -0.25) is 0 Å². The lowest BCUT2D eigenvalue weighted by molar-refractivity contribution is -0.160. The zero-order valence-corrected chi connectivity index (χ0v) is 19.1. The molecule has 4 heterocycles. The van der Waals surface area contributed by atoms with E-state index in [4.69, 9.17) is 30.4 Å². The topological polar surface area (TPSA) is 102 Å². The van der Waals surface area contributed by atoms with Crippen molar-refractivity contribution in [2.24, 2.45) is 34.1 Å². The average molecular weight is 435 g/mol. The summed E-state index contributed by atoms with van der Waals surface area (Å²) in [5.41, 5.74) is 14.2. The summed E-state index contributed by atoms with van der Waals surface area (Å²) in [5, 5.41) is 0. The highest BCUT2D eigenvalue weighted by Gasteiger charge is 2.68. The molecule has 0 spiro atoms. The second kappa shape index (κ2) is 7.92. The molecule has 176 valence electrons. The second-order valence-electron chi connectivity index (χ2n) is 11.8. The minimum atomic E-state index is -0.674. The standard InChI is InChI=1S/C25H42N2O4/c26-25(27,17-5-2-1-3-6-17)24(12-22-16-31-22)8-4-7-18(9-19-13-28-19)23(24,10-20-14-29-20)11-21-15-30-21/h17-22H,1-16,26-27H2. The van der Waals surface area contributed by atoms with Crippen LogP contribution >= 0.6 is 0 Å². The van der Waals surface area contributed by atoms with Crippen LogP contribution in [0.1, 0.15) is 77.0 Å². The van der Waals surface area contributed by atoms with Gasteiger partial charge in [0.15, 0.2) is 0 Å². The fourth-order valence-corrected chi connectivity index (χ4v) is 8.10. The molecule has 31 heavy (non-hydrogen) atoms. The highest BCUT2D eigenvalue weighted by molar-refractivity contribution is 5.18. The number of ether oxygens (including phenoxy) is 4. The van der Waals surface area contributed by atoms with Crippen LogP contribution in [0.5, 0.6) is 0 Å². The summed E-state index contributed by atoms with van der Waals surface area (Å²) in [5.74, 6) is 0.978. The van der Waals surface area contributed by atoms with Crippen molar-refractivity contribution in [2.45, 2.75) is 107 Å². The lowest BCUT2D eigenvalue weighted by Gasteiger charge is -2.66. The van der Waals surface area contributed by atoms with E-state index in [9.17, 15) is 0 Å². The Labute approximate surface area is 187 Å². The third-order valence-electron chi connectivity index (χ3n) is 9.92. The first-order chi connectivity index (χ1) is 15.0. The Kier molecular flexibility index (Phi) is 5.44. The molecular formula is C25H42N2O4. The van der Waals surface area contributed by atoms with E-state index in [-0.39, 0.29) is 10.8 Å². The van der Waals surface area contributed by atoms with Gasteiger partial charge in [-0.2, -0.15) is 0 Å². The molecule has 2 aliphatic carbocycles. The lowest BCUT2D eigenvalue weighted by atomic mass is 9.41. The van der Waals surface area contributed by atoms with E-state index in [2.05, 4.69) is 0 Å². The molecule has 6 rings (SSSR count). The largest absolute Gasteiger partial charge is 0.373 e. The van der Waals surface area contributed by atoms with Crippen LogP contribution in [-0.2, 0) is 18.9 Å². The van der Waals surface area contributed by atoms with Crippen LogP contribution in [0.25, 0.3) is 0 Å². The molecule has 6 aliphatic rings. The van der Waals surface area contributed by atoms with Crippen molar-refractivity contribution in [1.82, 2.24) is 0 Å². The average Bonchev–Trinajstić information content (AvgIpc) is 3.60. The van der Waals surface area contributed by atoms with Crippen molar-refractivity contribution in [3.05, 3.63) is 0 Å². The first-order valence-corrected chi connectivity index (χ1v) is 13.1. The normalized spacial score (nSPS) is 47.2. The Morgan fingerprint density at radius 3 is 1.77 bits per heavy atom. The molecule has 2 saturated carbocycles.